The molecule has 4 aromatic rings. The largest absolute Gasteiger partial charge is 0.324 e. The van der Waals surface area contributed by atoms with Crippen LogP contribution in [0.1, 0.15) is 61.1 Å². The third-order valence-electron chi connectivity index (χ3n) is 6.63. The van der Waals surface area contributed by atoms with E-state index in [0.29, 0.717) is 34.5 Å². The van der Waals surface area contributed by atoms with E-state index < -0.39 is 5.25 Å². The van der Waals surface area contributed by atoms with E-state index in [9.17, 15) is 19.2 Å². The van der Waals surface area contributed by atoms with Gasteiger partial charge in [0.2, 0.25) is 5.91 Å². The Bertz CT molecular complexity index is 1630. The number of anilines is 2. The van der Waals surface area contributed by atoms with Gasteiger partial charge in [-0.1, -0.05) is 67.6 Å². The lowest BCUT2D eigenvalue weighted by Gasteiger charge is -2.21. The van der Waals surface area contributed by atoms with E-state index in [2.05, 4.69) is 10.6 Å². The average Bonchev–Trinajstić information content (AvgIpc) is 2.95. The van der Waals surface area contributed by atoms with Crippen LogP contribution in [0.2, 0.25) is 0 Å². The number of benzene rings is 4. The van der Waals surface area contributed by atoms with E-state index >= 15 is 0 Å². The summed E-state index contributed by atoms with van der Waals surface area (Å²) >= 11 is 1.37. The summed E-state index contributed by atoms with van der Waals surface area (Å²) in [7, 11) is 0. The van der Waals surface area contributed by atoms with Crippen LogP contribution in [0, 0.1) is 6.92 Å². The van der Waals surface area contributed by atoms with Crippen molar-refractivity contribution in [2.75, 3.05) is 10.6 Å². The number of carbonyl (C=O) groups is 4. The summed E-state index contributed by atoms with van der Waals surface area (Å²) in [5.74, 6) is -0.991. The number of ketones is 2. The van der Waals surface area contributed by atoms with E-state index in [1.165, 1.54) is 11.8 Å². The molecule has 0 bridgehead atoms. The number of carbonyl (C=O) groups excluding carboxylic acids is 4. The summed E-state index contributed by atoms with van der Waals surface area (Å²) in [5.41, 5.74) is 3.65. The van der Waals surface area contributed by atoms with Gasteiger partial charge < -0.3 is 10.6 Å². The van der Waals surface area contributed by atoms with Crippen LogP contribution in [0.25, 0.3) is 0 Å². The molecule has 0 aliphatic heterocycles. The Hall–Kier alpha value is -4.49. The molecule has 1 atom stereocenters. The molecule has 0 spiro atoms. The average molecular weight is 535 g/mol. The molecule has 0 aromatic heterocycles. The third kappa shape index (κ3) is 5.26. The molecule has 4 aromatic carbocycles. The molecule has 2 amide bonds. The zero-order chi connectivity index (χ0) is 27.5. The Labute approximate surface area is 230 Å². The van der Waals surface area contributed by atoms with Gasteiger partial charge in [-0.25, -0.2) is 0 Å². The number of amides is 2. The predicted octanol–water partition coefficient (Wildman–Crippen LogP) is 6.53. The second-order valence-corrected chi connectivity index (χ2v) is 10.5. The summed E-state index contributed by atoms with van der Waals surface area (Å²) in [6.07, 6.45) is 0.529. The molecule has 1 unspecified atom stereocenters. The molecule has 0 fully saturated rings. The van der Waals surface area contributed by atoms with Crippen molar-refractivity contribution < 1.29 is 19.2 Å². The molecular weight excluding hydrogens is 508 g/mol. The number of aryl methyl sites for hydroxylation is 1. The highest BCUT2D eigenvalue weighted by Crippen LogP contribution is 2.33. The Morgan fingerprint density at radius 1 is 0.769 bits per heavy atom. The second-order valence-electron chi connectivity index (χ2n) is 9.23. The van der Waals surface area contributed by atoms with Crippen LogP contribution in [0.5, 0.6) is 0 Å². The maximum absolute atomic E-state index is 13.4. The van der Waals surface area contributed by atoms with Gasteiger partial charge in [-0.2, -0.15) is 0 Å². The van der Waals surface area contributed by atoms with Crippen molar-refractivity contribution in [2.24, 2.45) is 0 Å². The second kappa shape index (κ2) is 11.1. The summed E-state index contributed by atoms with van der Waals surface area (Å²) in [5, 5.41) is 5.36. The van der Waals surface area contributed by atoms with Crippen LogP contribution in [0.3, 0.4) is 0 Å². The molecule has 1 aliphatic carbocycles. The Morgan fingerprint density at radius 3 is 2.18 bits per heavy atom. The number of hydrogen-bond donors (Lipinski definition) is 2. The van der Waals surface area contributed by atoms with Crippen molar-refractivity contribution in [3.8, 4) is 0 Å². The minimum Gasteiger partial charge on any atom is -0.324 e. The first-order valence-corrected chi connectivity index (χ1v) is 13.5. The molecule has 7 heteroatoms. The monoisotopic (exact) mass is 534 g/mol. The third-order valence-corrected chi connectivity index (χ3v) is 7.99. The van der Waals surface area contributed by atoms with E-state index in [-0.39, 0.29) is 34.5 Å². The van der Waals surface area contributed by atoms with Gasteiger partial charge in [0.05, 0.1) is 16.5 Å². The van der Waals surface area contributed by atoms with Gasteiger partial charge in [0.1, 0.15) is 0 Å². The lowest BCUT2D eigenvalue weighted by molar-refractivity contribution is -0.115. The number of fused-ring (bicyclic) bond motifs is 2. The molecule has 6 nitrogen and oxygen atoms in total. The Kier molecular flexibility index (Phi) is 7.43. The quantitative estimate of drug-likeness (QED) is 0.232. The molecule has 0 saturated heterocycles. The zero-order valence-electron chi connectivity index (χ0n) is 21.5. The van der Waals surface area contributed by atoms with Gasteiger partial charge in [0.15, 0.2) is 11.6 Å². The molecule has 2 N–H and O–H groups in total. The first kappa shape index (κ1) is 26.1. The molecular formula is C32H26N2O4S. The minimum atomic E-state index is -0.468. The molecule has 1 aliphatic rings. The maximum atomic E-state index is 13.4. The van der Waals surface area contributed by atoms with Crippen LogP contribution >= 0.6 is 11.8 Å². The fourth-order valence-electron chi connectivity index (χ4n) is 4.62. The number of nitrogens with one attached hydrogen (secondary N) is 2. The Balaban J connectivity index is 1.33. The zero-order valence-corrected chi connectivity index (χ0v) is 22.3. The summed E-state index contributed by atoms with van der Waals surface area (Å²) in [6.45, 7) is 3.80. The van der Waals surface area contributed by atoms with Crippen LogP contribution in [-0.4, -0.2) is 28.6 Å². The van der Waals surface area contributed by atoms with Crippen LogP contribution < -0.4 is 10.6 Å². The van der Waals surface area contributed by atoms with Crippen molar-refractivity contribution >= 4 is 46.5 Å². The summed E-state index contributed by atoms with van der Waals surface area (Å²) < 4.78 is 0. The highest BCUT2D eigenvalue weighted by molar-refractivity contribution is 8.00. The number of rotatable bonds is 7. The maximum Gasteiger partial charge on any atom is 0.255 e. The molecule has 194 valence electrons. The van der Waals surface area contributed by atoms with Crippen LogP contribution in [-0.2, 0) is 4.79 Å². The van der Waals surface area contributed by atoms with Crippen molar-refractivity contribution in [3.05, 3.63) is 124 Å². The molecule has 0 saturated carbocycles. The first-order valence-electron chi connectivity index (χ1n) is 12.6. The van der Waals surface area contributed by atoms with E-state index in [4.69, 9.17) is 0 Å². The van der Waals surface area contributed by atoms with Crippen LogP contribution in [0.15, 0.2) is 95.9 Å². The highest BCUT2D eigenvalue weighted by atomic mass is 32.2. The summed E-state index contributed by atoms with van der Waals surface area (Å²) in [4.78, 5) is 53.2. The van der Waals surface area contributed by atoms with Crippen molar-refractivity contribution in [3.63, 3.8) is 0 Å². The normalized spacial score (nSPS) is 12.8. The molecule has 0 heterocycles. The van der Waals surface area contributed by atoms with Crippen molar-refractivity contribution in [1.29, 1.82) is 0 Å². The van der Waals surface area contributed by atoms with E-state index in [1.54, 1.807) is 54.6 Å². The smallest absolute Gasteiger partial charge is 0.255 e. The van der Waals surface area contributed by atoms with Gasteiger partial charge in [-0.15, -0.1) is 11.8 Å². The fraction of sp³-hybridized carbons (Fsp3) is 0.125. The van der Waals surface area contributed by atoms with E-state index in [0.717, 1.165) is 10.5 Å². The number of thioether (sulfide) groups is 1. The van der Waals surface area contributed by atoms with Gasteiger partial charge in [0, 0.05) is 32.8 Å². The Morgan fingerprint density at radius 2 is 1.44 bits per heavy atom. The minimum absolute atomic E-state index is 0.199. The van der Waals surface area contributed by atoms with Crippen molar-refractivity contribution in [2.45, 2.75) is 30.4 Å². The highest BCUT2D eigenvalue weighted by Gasteiger charge is 2.32. The first-order chi connectivity index (χ1) is 18.9. The molecule has 39 heavy (non-hydrogen) atoms. The topological polar surface area (TPSA) is 92.3 Å². The van der Waals surface area contributed by atoms with Gasteiger partial charge in [-0.05, 0) is 49.2 Å². The predicted molar refractivity (Wildman–Crippen MR) is 154 cm³/mol. The number of hydrogen-bond acceptors (Lipinski definition) is 5. The van der Waals surface area contributed by atoms with Gasteiger partial charge in [0.25, 0.3) is 5.91 Å². The van der Waals surface area contributed by atoms with Gasteiger partial charge >= 0.3 is 0 Å². The standard InChI is InChI=1S/C32H26N2O4S/c1-3-27(39-21-12-8-11-20(18-21)33-31(37)22-13-5-4-10-19(22)2)32(38)34-26-17-9-16-25-28(26)30(36)24-15-7-6-14-23(24)29(25)35/h4-18,27H,3H2,1-2H3,(H,33,37)(H,34,38). The lowest BCUT2D eigenvalue weighted by Crippen LogP contribution is -2.28. The molecule has 5 rings (SSSR count). The fourth-order valence-corrected chi connectivity index (χ4v) is 5.64. The van der Waals surface area contributed by atoms with Crippen LogP contribution in [0.4, 0.5) is 11.4 Å². The van der Waals surface area contributed by atoms with Crippen molar-refractivity contribution in [1.82, 2.24) is 0 Å². The molecule has 0 radical (unpaired) electrons. The van der Waals surface area contributed by atoms with Gasteiger partial charge in [-0.3, -0.25) is 19.2 Å². The SMILES string of the molecule is CCC(Sc1cccc(NC(=O)c2ccccc2C)c1)C(=O)Nc1cccc2c1C(=O)c1ccccc1C2=O. The summed E-state index contributed by atoms with van der Waals surface area (Å²) in [6, 6.07) is 26.4. The lowest BCUT2D eigenvalue weighted by atomic mass is 9.83. The van der Waals surface area contributed by atoms with E-state index in [1.807, 2.05) is 50.2 Å².